The fraction of sp³-hybridized carbons (Fsp3) is 0.683. The number of thioether (sulfide) groups is 1. The number of primary amides is 1. The Morgan fingerprint density at radius 3 is 2.15 bits per heavy atom. The average molecular weight is 1390 g/mol. The minimum absolute atomic E-state index is 0.0893. The van der Waals surface area contributed by atoms with E-state index in [2.05, 4.69) is 36.9 Å². The Bertz CT molecular complexity index is 3120. The second kappa shape index (κ2) is 38.8. The zero-order valence-electron chi connectivity index (χ0n) is 55.1. The molecular formula is C63H94N10O21S2. The molecule has 1 aromatic carbocycles. The number of aromatic nitrogens is 1. The van der Waals surface area contributed by atoms with E-state index in [1.54, 1.807) is 32.9 Å². The number of rotatable bonds is 30. The number of aliphatic hydroxyl groups excluding tert-OH is 3. The summed E-state index contributed by atoms with van der Waals surface area (Å²) in [7, 11) is -0.967. The van der Waals surface area contributed by atoms with Gasteiger partial charge in [-0.3, -0.25) is 66.6 Å². The molecule has 6 rings (SSSR count). The van der Waals surface area contributed by atoms with Gasteiger partial charge in [-0.25, -0.2) is 0 Å². The molecule has 2 bridgehead atoms. The highest BCUT2D eigenvalue weighted by atomic mass is 32.2. The average Bonchev–Trinajstić information content (AvgIpc) is 1.61. The summed E-state index contributed by atoms with van der Waals surface area (Å²) in [5, 5.41) is 47.9. The van der Waals surface area contributed by atoms with E-state index in [-0.39, 0.29) is 85.6 Å². The number of amides is 10. The van der Waals surface area contributed by atoms with Crippen LogP contribution in [0.5, 0.6) is 5.75 Å². The normalized spacial score (nSPS) is 24.7. The molecule has 0 aliphatic carbocycles. The Kier molecular flexibility index (Phi) is 31.6. The maximum atomic E-state index is 15.4. The number of carbonyl (C=O) groups is 12. The van der Waals surface area contributed by atoms with Crippen LogP contribution in [0.25, 0.3) is 10.9 Å². The number of Topliss-reactive ketones (excluding diaryl/α,β-unsaturated/α-hetero) is 2. The van der Waals surface area contributed by atoms with Crippen molar-refractivity contribution in [2.75, 3.05) is 111 Å². The van der Waals surface area contributed by atoms with E-state index < -0.39 is 181 Å². The first kappa shape index (κ1) is 78.0. The summed E-state index contributed by atoms with van der Waals surface area (Å²) in [6.45, 7) is 6.65. The zero-order valence-corrected chi connectivity index (χ0v) is 56.7. The van der Waals surface area contributed by atoms with Gasteiger partial charge in [0.2, 0.25) is 59.1 Å². The fourth-order valence-corrected chi connectivity index (χ4v) is 14.1. The summed E-state index contributed by atoms with van der Waals surface area (Å²) in [5.41, 5.74) is 6.73. The molecular weight excluding hydrogens is 1300 g/mol. The number of nitrogens with one attached hydrogen (secondary N) is 7. The lowest BCUT2D eigenvalue weighted by Crippen LogP contribution is -2.60. The van der Waals surface area contributed by atoms with Crippen molar-refractivity contribution in [2.45, 2.75) is 139 Å². The molecule has 534 valence electrons. The number of carbonyl (C=O) groups excluding carboxylic acids is 12. The molecule has 2 aromatic rings. The lowest BCUT2D eigenvalue weighted by molar-refractivity contribution is -0.144. The number of unbranched alkanes of at least 4 members (excludes halogenated alkanes) is 1. The number of ether oxygens (including phenoxy) is 5. The van der Waals surface area contributed by atoms with Crippen LogP contribution >= 0.6 is 11.8 Å². The number of aliphatic hydroxyl groups is 3. The van der Waals surface area contributed by atoms with Gasteiger partial charge in [-0.05, 0) is 48.6 Å². The molecule has 96 heavy (non-hydrogen) atoms. The Morgan fingerprint density at radius 2 is 1.50 bits per heavy atom. The number of fused-ring (bicyclic) bond motifs is 5. The van der Waals surface area contributed by atoms with Gasteiger partial charge in [0, 0.05) is 85.6 Å². The molecule has 31 nitrogen and oxygen atoms in total. The third-order valence-electron chi connectivity index (χ3n) is 17.4. The molecule has 2 fully saturated rings. The summed E-state index contributed by atoms with van der Waals surface area (Å²) < 4.78 is 43.2. The zero-order chi connectivity index (χ0) is 70.2. The standard InChI is InChI=1S/C63H94N10O21S2/c1-6-35(2)42-26-39(75)29-66-57(83)38-24-43-41-9-10-50(90-5)44(33-95-22-8-7-12-65-52(80)11-14-91-16-18-93-20-21-94-19-17-92-15-13-72-54(82)23-36(3)62(72)87)56(41)71-61(43)96(89)34-46(68-53(81)30-67-58(42)84)59(85)69-45(28-51(64)79)63(88)73-31-40(76)27-47(73)60(86)70-55(48(77)25-38)37(4)49(78)32-74/h9-10,35-38,40,42,45-47,49,55,71,74,76,78H,6-8,11-34H2,1-5H3,(H2,64,79)(H,65,80)(H,66,83)(H,67,84)(H,68,81)(H,69,85)(H,70,86)/t35-,36?,37-,38+,40+,42-,45-,46-,47-,49-,55-,96?/m0/s1. The van der Waals surface area contributed by atoms with E-state index in [1.807, 2.05) is 0 Å². The number of ketones is 2. The highest BCUT2D eigenvalue weighted by Gasteiger charge is 2.45. The first-order valence-corrected chi connectivity index (χ1v) is 35.0. The minimum atomic E-state index is -2.41. The molecule has 2 unspecified atom stereocenters. The van der Waals surface area contributed by atoms with Crippen molar-refractivity contribution >= 4 is 104 Å². The van der Waals surface area contributed by atoms with Crippen molar-refractivity contribution in [3.63, 3.8) is 0 Å². The number of nitrogens with zero attached hydrogens (tertiary/aromatic N) is 2. The molecule has 4 aliphatic heterocycles. The highest BCUT2D eigenvalue weighted by Crippen LogP contribution is 2.37. The summed E-state index contributed by atoms with van der Waals surface area (Å²) >= 11 is 1.50. The number of methoxy groups -OCH3 is 1. The Morgan fingerprint density at radius 1 is 0.823 bits per heavy atom. The van der Waals surface area contributed by atoms with E-state index in [9.17, 15) is 68.1 Å². The van der Waals surface area contributed by atoms with Gasteiger partial charge < -0.3 is 86.5 Å². The van der Waals surface area contributed by atoms with Gasteiger partial charge in [0.1, 0.15) is 28.9 Å². The van der Waals surface area contributed by atoms with Crippen LogP contribution in [0.1, 0.15) is 96.6 Å². The molecule has 0 saturated carbocycles. The van der Waals surface area contributed by atoms with Crippen LogP contribution in [0.3, 0.4) is 0 Å². The van der Waals surface area contributed by atoms with Gasteiger partial charge in [0.15, 0.2) is 11.6 Å². The monoisotopic (exact) mass is 1390 g/mol. The Balaban J connectivity index is 1.19. The number of aromatic amines is 1. The highest BCUT2D eigenvalue weighted by molar-refractivity contribution is 7.98. The van der Waals surface area contributed by atoms with Gasteiger partial charge in [-0.15, -0.1) is 0 Å². The topological polar surface area (TPSA) is 449 Å². The van der Waals surface area contributed by atoms with Crippen LogP contribution in [-0.2, 0) is 99.5 Å². The molecule has 0 spiro atoms. The third-order valence-corrected chi connectivity index (χ3v) is 20.0. The van der Waals surface area contributed by atoms with Crippen molar-refractivity contribution in [1.29, 1.82) is 0 Å². The molecule has 2 saturated heterocycles. The van der Waals surface area contributed by atoms with E-state index in [0.717, 1.165) is 4.90 Å². The SMILES string of the molecule is CC[C@H](C)[C@@H]1CC(=O)CNC(=O)[C@H]2CC(=O)[C@H]([C@@H](C)[C@@H](O)CO)NC(=O)[C@@H]3C[C@@H](O)CN3C(=O)[C@H](CC(N)=O)NC(=O)[C@H](CS(=O)c3[nH]c4c(CSCCCCNC(=O)CCOCCOCCOCCOCCN5C(=O)CC(C)C5=O)c(OC)ccc4c3C2)NC(=O)CNC1=O. The van der Waals surface area contributed by atoms with Gasteiger partial charge in [0.05, 0.1) is 133 Å². The number of benzene rings is 1. The number of nitrogens with two attached hydrogens (primary N) is 1. The fourth-order valence-electron chi connectivity index (χ4n) is 11.7. The predicted octanol–water partition coefficient (Wildman–Crippen LogP) is -2.45. The molecule has 12 atom stereocenters. The van der Waals surface area contributed by atoms with Crippen LogP contribution in [0.4, 0.5) is 0 Å². The van der Waals surface area contributed by atoms with Crippen LogP contribution in [0.15, 0.2) is 17.2 Å². The molecule has 0 radical (unpaired) electrons. The summed E-state index contributed by atoms with van der Waals surface area (Å²) in [6.07, 6.45) is -3.76. The van der Waals surface area contributed by atoms with Gasteiger partial charge >= 0.3 is 0 Å². The number of likely N-dealkylation sites (tertiary alicyclic amines) is 1. The molecule has 12 N–H and O–H groups in total. The number of imide groups is 1. The van der Waals surface area contributed by atoms with Crippen molar-refractivity contribution < 1.29 is 101 Å². The summed E-state index contributed by atoms with van der Waals surface area (Å²) in [5.74, 6) is -12.9. The van der Waals surface area contributed by atoms with Crippen molar-refractivity contribution in [2.24, 2.45) is 35.3 Å². The molecule has 4 aliphatic rings. The van der Waals surface area contributed by atoms with E-state index >= 15 is 9.00 Å². The first-order valence-electron chi connectivity index (χ1n) is 32.5. The number of hydrogen-bond donors (Lipinski definition) is 11. The molecule has 1 aromatic heterocycles. The van der Waals surface area contributed by atoms with E-state index in [0.29, 0.717) is 86.8 Å². The van der Waals surface area contributed by atoms with Crippen LogP contribution < -0.4 is 42.4 Å². The predicted molar refractivity (Wildman–Crippen MR) is 346 cm³/mol. The first-order chi connectivity index (χ1) is 45.9. The number of hydrogen-bond acceptors (Lipinski definition) is 22. The molecule has 33 heteroatoms. The van der Waals surface area contributed by atoms with Crippen LogP contribution in [0.2, 0.25) is 0 Å². The summed E-state index contributed by atoms with van der Waals surface area (Å²) in [6, 6.07) is -3.67. The quantitative estimate of drug-likeness (QED) is 0.0286. The van der Waals surface area contributed by atoms with Crippen molar-refractivity contribution in [1.82, 2.24) is 46.7 Å². The van der Waals surface area contributed by atoms with Crippen LogP contribution in [0, 0.1) is 29.6 Å². The number of H-pyrrole nitrogens is 1. The Hall–Kier alpha value is -6.98. The van der Waals surface area contributed by atoms with E-state index in [4.69, 9.17) is 29.4 Å². The maximum Gasteiger partial charge on any atom is 0.246 e. The Labute approximate surface area is 563 Å². The second-order valence-electron chi connectivity index (χ2n) is 24.5. The van der Waals surface area contributed by atoms with E-state index in [1.165, 1.54) is 30.7 Å². The van der Waals surface area contributed by atoms with Gasteiger partial charge in [-0.2, -0.15) is 11.8 Å². The van der Waals surface area contributed by atoms with Crippen LogP contribution in [-0.4, -0.2) is 252 Å². The minimum Gasteiger partial charge on any atom is -0.496 e. The summed E-state index contributed by atoms with van der Waals surface area (Å²) in [4.78, 5) is 170. The maximum absolute atomic E-state index is 15.4. The largest absolute Gasteiger partial charge is 0.496 e. The van der Waals surface area contributed by atoms with Gasteiger partial charge in [-0.1, -0.05) is 34.1 Å². The third kappa shape index (κ3) is 22.5. The molecule has 5 heterocycles. The lowest BCUT2D eigenvalue weighted by Gasteiger charge is -2.32. The smallest absolute Gasteiger partial charge is 0.246 e. The van der Waals surface area contributed by atoms with Gasteiger partial charge in [0.25, 0.3) is 0 Å². The second-order valence-corrected chi connectivity index (χ2v) is 27.0. The molecule has 10 amide bonds. The van der Waals surface area contributed by atoms with Crippen molar-refractivity contribution in [3.8, 4) is 5.75 Å². The van der Waals surface area contributed by atoms with Crippen molar-refractivity contribution in [3.05, 3.63) is 23.3 Å². The lowest BCUT2D eigenvalue weighted by atomic mass is 9.85.